The smallest absolute Gasteiger partial charge is 0.370 e. The number of H-pyrrole nitrogens is 1. The van der Waals surface area contributed by atoms with Crippen LogP contribution in [0.2, 0.25) is 0 Å². The van der Waals surface area contributed by atoms with Crippen LogP contribution in [0.3, 0.4) is 0 Å². The molecule has 0 saturated heterocycles. The van der Waals surface area contributed by atoms with Crippen molar-refractivity contribution in [2.24, 2.45) is 0 Å². The molecule has 1 rings (SSSR count). The van der Waals surface area contributed by atoms with Gasteiger partial charge < -0.3 is 14.3 Å². The molecular formula is C10H15F3N2OS. The molecule has 0 bridgehead atoms. The largest absolute Gasteiger partial charge is 0.411 e. The van der Waals surface area contributed by atoms with Crippen molar-refractivity contribution in [2.45, 2.75) is 32.5 Å². The van der Waals surface area contributed by atoms with Crippen molar-refractivity contribution in [3.05, 3.63) is 16.7 Å². The van der Waals surface area contributed by atoms with Crippen LogP contribution in [-0.4, -0.2) is 28.9 Å². The van der Waals surface area contributed by atoms with Gasteiger partial charge >= 0.3 is 6.18 Å². The number of aromatic nitrogens is 2. The van der Waals surface area contributed by atoms with Crippen LogP contribution in [0.25, 0.3) is 0 Å². The first-order chi connectivity index (χ1) is 7.81. The Labute approximate surface area is 103 Å². The highest BCUT2D eigenvalue weighted by molar-refractivity contribution is 7.71. The van der Waals surface area contributed by atoms with Gasteiger partial charge in [0.1, 0.15) is 6.61 Å². The predicted molar refractivity (Wildman–Crippen MR) is 60.6 cm³/mol. The molecule has 0 spiro atoms. The molecule has 0 atom stereocenters. The van der Waals surface area contributed by atoms with Gasteiger partial charge in [-0.1, -0.05) is 13.8 Å². The fourth-order valence-corrected chi connectivity index (χ4v) is 1.72. The minimum Gasteiger partial charge on any atom is -0.370 e. The van der Waals surface area contributed by atoms with Gasteiger partial charge in [0, 0.05) is 18.4 Å². The Hall–Kier alpha value is -0.820. The van der Waals surface area contributed by atoms with Crippen molar-refractivity contribution >= 4 is 12.2 Å². The van der Waals surface area contributed by atoms with Crippen molar-refractivity contribution in [1.82, 2.24) is 9.55 Å². The number of alkyl halides is 3. The lowest BCUT2D eigenvalue weighted by molar-refractivity contribution is -0.174. The van der Waals surface area contributed by atoms with E-state index in [1.807, 2.05) is 13.8 Å². The maximum absolute atomic E-state index is 11.8. The van der Waals surface area contributed by atoms with Crippen LogP contribution < -0.4 is 0 Å². The van der Waals surface area contributed by atoms with E-state index in [-0.39, 0.29) is 12.5 Å². The van der Waals surface area contributed by atoms with E-state index in [2.05, 4.69) is 9.72 Å². The second kappa shape index (κ2) is 5.68. The number of nitrogens with zero attached hydrogens (tertiary/aromatic N) is 1. The highest BCUT2D eigenvalue weighted by Gasteiger charge is 2.27. The molecule has 0 aliphatic heterocycles. The Balaban J connectivity index is 2.52. The summed E-state index contributed by atoms with van der Waals surface area (Å²) in [5.74, 6) is 0.255. The summed E-state index contributed by atoms with van der Waals surface area (Å²) in [5.41, 5.74) is 0.964. The summed E-state index contributed by atoms with van der Waals surface area (Å²) in [6, 6.07) is 0. The Kier molecular flexibility index (Phi) is 4.76. The molecule has 0 saturated carbocycles. The fraction of sp³-hybridized carbons (Fsp3) is 0.700. The van der Waals surface area contributed by atoms with Crippen LogP contribution in [0.15, 0.2) is 6.20 Å². The molecule has 0 fully saturated rings. The minimum absolute atomic E-state index is 0.00854. The van der Waals surface area contributed by atoms with Crippen LogP contribution in [0, 0.1) is 4.77 Å². The van der Waals surface area contributed by atoms with E-state index in [1.54, 1.807) is 10.8 Å². The van der Waals surface area contributed by atoms with Gasteiger partial charge in [-0.2, -0.15) is 13.2 Å². The third-order valence-corrected chi connectivity index (χ3v) is 2.56. The molecule has 7 heteroatoms. The first-order valence-electron chi connectivity index (χ1n) is 5.24. The van der Waals surface area contributed by atoms with Gasteiger partial charge in [0.2, 0.25) is 0 Å². The zero-order chi connectivity index (χ0) is 13.1. The van der Waals surface area contributed by atoms with Gasteiger partial charge in [0.25, 0.3) is 0 Å². The summed E-state index contributed by atoms with van der Waals surface area (Å²) in [4.78, 5) is 2.88. The molecule has 3 nitrogen and oxygen atoms in total. The Morgan fingerprint density at radius 3 is 2.65 bits per heavy atom. The van der Waals surface area contributed by atoms with E-state index in [0.29, 0.717) is 11.3 Å². The van der Waals surface area contributed by atoms with Crippen LogP contribution in [0.4, 0.5) is 13.2 Å². The van der Waals surface area contributed by atoms with Crippen molar-refractivity contribution in [2.75, 3.05) is 13.2 Å². The maximum Gasteiger partial charge on any atom is 0.411 e. The summed E-state index contributed by atoms with van der Waals surface area (Å²) in [7, 11) is 0. The van der Waals surface area contributed by atoms with Gasteiger partial charge in [0.15, 0.2) is 4.77 Å². The topological polar surface area (TPSA) is 29.9 Å². The lowest BCUT2D eigenvalue weighted by Crippen LogP contribution is -2.19. The van der Waals surface area contributed by atoms with E-state index < -0.39 is 12.8 Å². The molecule has 1 heterocycles. The molecule has 0 aromatic carbocycles. The molecule has 1 aromatic heterocycles. The lowest BCUT2D eigenvalue weighted by Gasteiger charge is -2.12. The van der Waals surface area contributed by atoms with E-state index in [1.165, 1.54) is 0 Å². The van der Waals surface area contributed by atoms with Crippen molar-refractivity contribution < 1.29 is 17.9 Å². The number of hydrogen-bond donors (Lipinski definition) is 1. The molecule has 0 unspecified atom stereocenters. The van der Waals surface area contributed by atoms with Crippen LogP contribution in [0.1, 0.15) is 25.5 Å². The molecule has 17 heavy (non-hydrogen) atoms. The van der Waals surface area contributed by atoms with Crippen molar-refractivity contribution in [1.29, 1.82) is 0 Å². The second-order valence-electron chi connectivity index (χ2n) is 3.99. The highest BCUT2D eigenvalue weighted by Crippen LogP contribution is 2.16. The Morgan fingerprint density at radius 2 is 2.12 bits per heavy atom. The third-order valence-electron chi connectivity index (χ3n) is 2.22. The molecule has 1 aromatic rings. The van der Waals surface area contributed by atoms with Gasteiger partial charge in [0.05, 0.1) is 6.61 Å². The summed E-state index contributed by atoms with van der Waals surface area (Å²) < 4.78 is 42.4. The second-order valence-corrected chi connectivity index (χ2v) is 4.38. The van der Waals surface area contributed by atoms with Crippen molar-refractivity contribution in [3.8, 4) is 0 Å². The SMILES string of the molecule is CC(C)c1c[nH]c(=S)n1CCOCC(F)(F)F. The third kappa shape index (κ3) is 4.51. The first-order valence-corrected chi connectivity index (χ1v) is 5.64. The number of halogens is 3. The normalized spacial score (nSPS) is 12.4. The zero-order valence-electron chi connectivity index (χ0n) is 9.67. The quantitative estimate of drug-likeness (QED) is 0.656. The van der Waals surface area contributed by atoms with E-state index in [4.69, 9.17) is 12.2 Å². The maximum atomic E-state index is 11.8. The number of hydrogen-bond acceptors (Lipinski definition) is 2. The fourth-order valence-electron chi connectivity index (χ4n) is 1.46. The van der Waals surface area contributed by atoms with E-state index in [9.17, 15) is 13.2 Å². The van der Waals surface area contributed by atoms with Crippen LogP contribution >= 0.6 is 12.2 Å². The molecule has 0 aliphatic carbocycles. The first kappa shape index (κ1) is 14.2. The molecular weight excluding hydrogens is 253 g/mol. The van der Waals surface area contributed by atoms with Crippen molar-refractivity contribution in [3.63, 3.8) is 0 Å². The molecule has 0 amide bonds. The molecule has 98 valence electrons. The zero-order valence-corrected chi connectivity index (χ0v) is 10.5. The van der Waals surface area contributed by atoms with E-state index in [0.717, 1.165) is 5.69 Å². The van der Waals surface area contributed by atoms with Gasteiger partial charge in [-0.15, -0.1) is 0 Å². The predicted octanol–water partition coefficient (Wildman–Crippen LogP) is 3.25. The van der Waals surface area contributed by atoms with Crippen LogP contribution in [0.5, 0.6) is 0 Å². The number of rotatable bonds is 5. The number of nitrogens with one attached hydrogen (secondary N) is 1. The molecule has 0 radical (unpaired) electrons. The number of imidazole rings is 1. The van der Waals surface area contributed by atoms with E-state index >= 15 is 0 Å². The van der Waals surface area contributed by atoms with Gasteiger partial charge in [-0.25, -0.2) is 0 Å². The monoisotopic (exact) mass is 268 g/mol. The average Bonchev–Trinajstić information content (AvgIpc) is 2.53. The standard InChI is InChI=1S/C10H15F3N2OS/c1-7(2)8-5-14-9(17)15(8)3-4-16-6-10(11,12)13/h5,7H,3-4,6H2,1-2H3,(H,14,17). The summed E-state index contributed by atoms with van der Waals surface area (Å²) >= 11 is 5.04. The Morgan fingerprint density at radius 1 is 1.47 bits per heavy atom. The van der Waals surface area contributed by atoms with Gasteiger partial charge in [-0.05, 0) is 18.1 Å². The highest BCUT2D eigenvalue weighted by atomic mass is 32.1. The van der Waals surface area contributed by atoms with Gasteiger partial charge in [-0.3, -0.25) is 0 Å². The Bertz CT molecular complexity index is 408. The minimum atomic E-state index is -4.28. The molecule has 0 aliphatic rings. The molecule has 1 N–H and O–H groups in total. The number of ether oxygens (including phenoxy) is 1. The average molecular weight is 268 g/mol. The summed E-state index contributed by atoms with van der Waals surface area (Å²) in [5, 5.41) is 0. The lowest BCUT2D eigenvalue weighted by atomic mass is 10.1. The number of aromatic amines is 1. The summed E-state index contributed by atoms with van der Waals surface area (Å²) in [6.45, 7) is 3.08. The summed E-state index contributed by atoms with van der Waals surface area (Å²) in [6.07, 6.45) is -2.50. The van der Waals surface area contributed by atoms with Crippen LogP contribution in [-0.2, 0) is 11.3 Å².